The van der Waals surface area contributed by atoms with Crippen molar-refractivity contribution in [2.75, 3.05) is 24.7 Å². The molecule has 0 radical (unpaired) electrons. The molecule has 138 valence electrons. The first kappa shape index (κ1) is 18.2. The molecule has 1 aromatic carbocycles. The van der Waals surface area contributed by atoms with Crippen LogP contribution in [-0.4, -0.2) is 57.6 Å². The van der Waals surface area contributed by atoms with Crippen molar-refractivity contribution in [3.8, 4) is 0 Å². The SMILES string of the molecule is Cc1ccc(NC(=O)N2CCC3CCC(C2)S3(=O)=O)cc1S(C)(=O)=O. The van der Waals surface area contributed by atoms with Crippen molar-refractivity contribution in [2.45, 2.75) is 41.6 Å². The minimum absolute atomic E-state index is 0.169. The predicted molar refractivity (Wildman–Crippen MR) is 95.2 cm³/mol. The van der Waals surface area contributed by atoms with Crippen molar-refractivity contribution in [2.24, 2.45) is 0 Å². The van der Waals surface area contributed by atoms with Gasteiger partial charge in [-0.2, -0.15) is 0 Å². The van der Waals surface area contributed by atoms with Crippen molar-refractivity contribution < 1.29 is 21.6 Å². The Morgan fingerprint density at radius 2 is 1.88 bits per heavy atom. The summed E-state index contributed by atoms with van der Waals surface area (Å²) in [5.74, 6) is 0. The number of anilines is 1. The van der Waals surface area contributed by atoms with E-state index in [1.807, 2.05) is 0 Å². The van der Waals surface area contributed by atoms with Gasteiger partial charge in [0.2, 0.25) is 0 Å². The van der Waals surface area contributed by atoms with E-state index in [1.165, 1.54) is 11.0 Å². The number of rotatable bonds is 2. The van der Waals surface area contributed by atoms with Crippen LogP contribution in [0.3, 0.4) is 0 Å². The Labute approximate surface area is 148 Å². The largest absolute Gasteiger partial charge is 0.323 e. The Bertz CT molecular complexity index is 908. The molecule has 0 spiro atoms. The van der Waals surface area contributed by atoms with E-state index in [1.54, 1.807) is 19.1 Å². The van der Waals surface area contributed by atoms with E-state index in [0.29, 0.717) is 37.1 Å². The maximum Gasteiger partial charge on any atom is 0.321 e. The second kappa shape index (κ2) is 6.28. The van der Waals surface area contributed by atoms with Gasteiger partial charge >= 0.3 is 6.03 Å². The van der Waals surface area contributed by atoms with Gasteiger partial charge in [-0.25, -0.2) is 21.6 Å². The lowest BCUT2D eigenvalue weighted by Gasteiger charge is -2.24. The summed E-state index contributed by atoms with van der Waals surface area (Å²) in [6.45, 7) is 2.27. The molecule has 2 bridgehead atoms. The van der Waals surface area contributed by atoms with Crippen LogP contribution in [0.25, 0.3) is 0 Å². The van der Waals surface area contributed by atoms with Gasteiger partial charge in [0.05, 0.1) is 15.4 Å². The zero-order valence-electron chi connectivity index (χ0n) is 14.2. The highest BCUT2D eigenvalue weighted by atomic mass is 32.2. The maximum atomic E-state index is 12.5. The fourth-order valence-corrected chi connectivity index (χ4v) is 6.87. The van der Waals surface area contributed by atoms with E-state index < -0.39 is 31.0 Å². The van der Waals surface area contributed by atoms with Gasteiger partial charge in [0, 0.05) is 25.0 Å². The van der Waals surface area contributed by atoms with E-state index in [2.05, 4.69) is 5.32 Å². The molecule has 9 heteroatoms. The Morgan fingerprint density at radius 1 is 1.20 bits per heavy atom. The Morgan fingerprint density at radius 3 is 2.56 bits per heavy atom. The van der Waals surface area contributed by atoms with Crippen molar-refractivity contribution in [1.82, 2.24) is 4.90 Å². The molecule has 0 aliphatic carbocycles. The van der Waals surface area contributed by atoms with Crippen molar-refractivity contribution in [3.63, 3.8) is 0 Å². The van der Waals surface area contributed by atoms with E-state index in [9.17, 15) is 21.6 Å². The predicted octanol–water partition coefficient (Wildman–Crippen LogP) is 1.58. The van der Waals surface area contributed by atoms with Crippen LogP contribution in [0.15, 0.2) is 23.1 Å². The quantitative estimate of drug-likeness (QED) is 0.832. The molecule has 2 amide bonds. The molecule has 0 saturated carbocycles. The lowest BCUT2D eigenvalue weighted by Crippen LogP contribution is -2.40. The highest BCUT2D eigenvalue weighted by molar-refractivity contribution is 7.93. The van der Waals surface area contributed by atoms with Crippen LogP contribution in [0.1, 0.15) is 24.8 Å². The number of hydrogen-bond acceptors (Lipinski definition) is 5. The zero-order valence-corrected chi connectivity index (χ0v) is 15.9. The molecule has 0 aromatic heterocycles. The number of amides is 2. The second-order valence-electron chi connectivity index (χ2n) is 6.83. The van der Waals surface area contributed by atoms with Gasteiger partial charge in [-0.1, -0.05) is 6.07 Å². The summed E-state index contributed by atoms with van der Waals surface area (Å²) in [6.07, 6.45) is 2.85. The minimum Gasteiger partial charge on any atom is -0.323 e. The fourth-order valence-electron chi connectivity index (χ4n) is 3.58. The summed E-state index contributed by atoms with van der Waals surface area (Å²) in [5, 5.41) is 1.86. The first-order chi connectivity index (χ1) is 11.6. The van der Waals surface area contributed by atoms with E-state index >= 15 is 0 Å². The van der Waals surface area contributed by atoms with Crippen molar-refractivity contribution in [1.29, 1.82) is 0 Å². The molecule has 2 fully saturated rings. The van der Waals surface area contributed by atoms with Crippen LogP contribution in [0, 0.1) is 6.92 Å². The number of likely N-dealkylation sites (tertiary alicyclic amines) is 1. The van der Waals surface area contributed by atoms with E-state index in [4.69, 9.17) is 0 Å². The molecule has 2 aliphatic heterocycles. The van der Waals surface area contributed by atoms with Crippen LogP contribution in [-0.2, 0) is 19.7 Å². The van der Waals surface area contributed by atoms with Gasteiger partial charge in [0.25, 0.3) is 0 Å². The third-order valence-corrected chi connectivity index (χ3v) is 8.96. The van der Waals surface area contributed by atoms with Crippen LogP contribution >= 0.6 is 0 Å². The third-order valence-electron chi connectivity index (χ3n) is 5.01. The molecule has 3 rings (SSSR count). The Kier molecular flexibility index (Phi) is 4.57. The molecule has 1 aromatic rings. The molecule has 2 saturated heterocycles. The maximum absolute atomic E-state index is 12.5. The normalized spacial score (nSPS) is 25.4. The third kappa shape index (κ3) is 3.52. The van der Waals surface area contributed by atoms with Gasteiger partial charge in [0.15, 0.2) is 19.7 Å². The summed E-state index contributed by atoms with van der Waals surface area (Å²) >= 11 is 0. The number of sulfone groups is 2. The van der Waals surface area contributed by atoms with Gasteiger partial charge in [-0.3, -0.25) is 0 Å². The number of carbonyl (C=O) groups excluding carboxylic acids is 1. The second-order valence-corrected chi connectivity index (χ2v) is 11.3. The lowest BCUT2D eigenvalue weighted by molar-refractivity contribution is 0.209. The number of fused-ring (bicyclic) bond motifs is 2. The van der Waals surface area contributed by atoms with Gasteiger partial charge < -0.3 is 10.2 Å². The monoisotopic (exact) mass is 386 g/mol. The molecular formula is C16H22N2O5S2. The number of carbonyl (C=O) groups is 1. The number of aryl methyl sites for hydroxylation is 1. The van der Waals surface area contributed by atoms with Gasteiger partial charge in [0.1, 0.15) is 0 Å². The van der Waals surface area contributed by atoms with Gasteiger partial charge in [-0.05, 0) is 43.9 Å². The average Bonchev–Trinajstić information content (AvgIpc) is 2.67. The summed E-state index contributed by atoms with van der Waals surface area (Å²) in [5.41, 5.74) is 0.993. The molecule has 2 atom stereocenters. The van der Waals surface area contributed by atoms with Crippen LogP contribution < -0.4 is 5.32 Å². The molecule has 7 nitrogen and oxygen atoms in total. The number of nitrogens with one attached hydrogen (secondary N) is 1. The minimum atomic E-state index is -3.39. The standard InChI is InChI=1S/C16H22N2O5S2/c1-11-3-4-12(9-15(11)24(2,20)21)17-16(19)18-8-7-13-5-6-14(10-18)25(13,22)23/h3-4,9,13-14H,5-8,10H2,1-2H3,(H,17,19). The van der Waals surface area contributed by atoms with E-state index in [0.717, 1.165) is 6.26 Å². The fraction of sp³-hybridized carbons (Fsp3) is 0.562. The molecule has 2 heterocycles. The molecular weight excluding hydrogens is 364 g/mol. The van der Waals surface area contributed by atoms with Crippen LogP contribution in [0.5, 0.6) is 0 Å². The van der Waals surface area contributed by atoms with Crippen molar-refractivity contribution >= 4 is 31.4 Å². The Balaban J connectivity index is 1.77. The van der Waals surface area contributed by atoms with Crippen LogP contribution in [0.2, 0.25) is 0 Å². The summed E-state index contributed by atoms with van der Waals surface area (Å²) < 4.78 is 48.2. The number of benzene rings is 1. The number of hydrogen-bond donors (Lipinski definition) is 1. The summed E-state index contributed by atoms with van der Waals surface area (Å²) in [6, 6.07) is 4.32. The van der Waals surface area contributed by atoms with Crippen LogP contribution in [0.4, 0.5) is 10.5 Å². The number of urea groups is 1. The van der Waals surface area contributed by atoms with Gasteiger partial charge in [-0.15, -0.1) is 0 Å². The first-order valence-corrected chi connectivity index (χ1v) is 11.7. The Hall–Kier alpha value is -1.61. The number of nitrogens with zero attached hydrogens (tertiary/aromatic N) is 1. The van der Waals surface area contributed by atoms with E-state index in [-0.39, 0.29) is 16.7 Å². The molecule has 2 aliphatic rings. The first-order valence-electron chi connectivity index (χ1n) is 8.18. The lowest BCUT2D eigenvalue weighted by atomic mass is 10.1. The zero-order chi connectivity index (χ0) is 18.4. The highest BCUT2D eigenvalue weighted by Gasteiger charge is 2.44. The highest BCUT2D eigenvalue weighted by Crippen LogP contribution is 2.33. The summed E-state index contributed by atoms with van der Waals surface area (Å²) in [7, 11) is -6.53. The van der Waals surface area contributed by atoms with Crippen molar-refractivity contribution in [3.05, 3.63) is 23.8 Å². The summed E-state index contributed by atoms with van der Waals surface area (Å²) in [4.78, 5) is 14.2. The average molecular weight is 386 g/mol. The molecule has 1 N–H and O–H groups in total. The topological polar surface area (TPSA) is 101 Å². The molecule has 2 unspecified atom stereocenters. The smallest absolute Gasteiger partial charge is 0.321 e. The molecule has 25 heavy (non-hydrogen) atoms.